The van der Waals surface area contributed by atoms with E-state index in [1.807, 2.05) is 0 Å². The summed E-state index contributed by atoms with van der Waals surface area (Å²) in [5.41, 5.74) is 7.71. The van der Waals surface area contributed by atoms with Crippen LogP contribution < -0.4 is 27.0 Å². The molecule has 162 valence electrons. The fourth-order valence-corrected chi connectivity index (χ4v) is 3.71. The van der Waals surface area contributed by atoms with Gasteiger partial charge in [0.2, 0.25) is 5.91 Å². The molecule has 3 rings (SSSR count). The van der Waals surface area contributed by atoms with Crippen LogP contribution in [0.25, 0.3) is 5.57 Å². The number of benzene rings is 2. The number of carbonyl (C=O) groups excluding carboxylic acids is 2. The predicted molar refractivity (Wildman–Crippen MR) is 120 cm³/mol. The molecule has 31 heavy (non-hydrogen) atoms. The van der Waals surface area contributed by atoms with Gasteiger partial charge in [0.25, 0.3) is 0 Å². The van der Waals surface area contributed by atoms with Crippen molar-refractivity contribution < 1.29 is 19.5 Å². The molecule has 9 nitrogen and oxygen atoms in total. The number of anilines is 3. The molecule has 1 unspecified atom stereocenters. The summed E-state index contributed by atoms with van der Waals surface area (Å²) in [6.45, 7) is 0.163. The molecule has 1 aliphatic rings. The maximum atomic E-state index is 12.6. The van der Waals surface area contributed by atoms with E-state index in [0.717, 1.165) is 0 Å². The van der Waals surface area contributed by atoms with Crippen molar-refractivity contribution in [3.05, 3.63) is 58.1 Å². The van der Waals surface area contributed by atoms with E-state index in [9.17, 15) is 19.5 Å². The molecule has 0 aromatic heterocycles. The van der Waals surface area contributed by atoms with E-state index < -0.39 is 23.9 Å². The summed E-state index contributed by atoms with van der Waals surface area (Å²) in [7, 11) is 0. The van der Waals surface area contributed by atoms with Gasteiger partial charge in [-0.1, -0.05) is 23.2 Å². The van der Waals surface area contributed by atoms with Crippen LogP contribution in [0.15, 0.2) is 42.5 Å². The van der Waals surface area contributed by atoms with Crippen LogP contribution in [0.5, 0.6) is 0 Å². The van der Waals surface area contributed by atoms with E-state index >= 15 is 0 Å². The van der Waals surface area contributed by atoms with Crippen LogP contribution in [0.3, 0.4) is 0 Å². The maximum Gasteiger partial charge on any atom is 0.326 e. The molecule has 0 bridgehead atoms. The topological polar surface area (TPSA) is 146 Å². The van der Waals surface area contributed by atoms with Crippen molar-refractivity contribution in [2.45, 2.75) is 12.5 Å². The van der Waals surface area contributed by atoms with Gasteiger partial charge in [-0.15, -0.1) is 0 Å². The Balaban J connectivity index is 1.76. The summed E-state index contributed by atoms with van der Waals surface area (Å²) in [5.74, 6) is -1.49. The Labute approximate surface area is 187 Å². The lowest BCUT2D eigenvalue weighted by Gasteiger charge is -2.27. The van der Waals surface area contributed by atoms with Gasteiger partial charge in [-0.25, -0.2) is 9.59 Å². The monoisotopic (exact) mass is 463 g/mol. The number of hydrogen-bond donors (Lipinski definition) is 6. The van der Waals surface area contributed by atoms with Crippen LogP contribution in [0.4, 0.5) is 21.9 Å². The third-order valence-electron chi connectivity index (χ3n) is 4.44. The first-order valence-corrected chi connectivity index (χ1v) is 9.86. The molecule has 1 aliphatic heterocycles. The molecule has 2 aromatic carbocycles. The van der Waals surface area contributed by atoms with Gasteiger partial charge in [-0.3, -0.25) is 4.79 Å². The molecule has 11 heteroatoms. The van der Waals surface area contributed by atoms with E-state index in [0.29, 0.717) is 38.2 Å². The lowest BCUT2D eigenvalue weighted by molar-refractivity contribution is -0.137. The minimum atomic E-state index is -1.05. The number of rotatable bonds is 6. The second kappa shape index (κ2) is 9.59. The van der Waals surface area contributed by atoms with Crippen LogP contribution in [0.2, 0.25) is 10.0 Å². The second-order valence-corrected chi connectivity index (χ2v) is 7.52. The summed E-state index contributed by atoms with van der Waals surface area (Å²) in [6, 6.07) is 8.32. The summed E-state index contributed by atoms with van der Waals surface area (Å²) < 4.78 is 0. The largest absolute Gasteiger partial charge is 0.480 e. The molecular weight excluding hydrogens is 445 g/mol. The van der Waals surface area contributed by atoms with Crippen LogP contribution in [-0.2, 0) is 9.59 Å². The van der Waals surface area contributed by atoms with Crippen LogP contribution >= 0.6 is 23.2 Å². The molecule has 0 saturated heterocycles. The Kier molecular flexibility index (Phi) is 6.88. The summed E-state index contributed by atoms with van der Waals surface area (Å²) in [5, 5.41) is 21.0. The Hall–Kier alpha value is -3.43. The Morgan fingerprint density at radius 2 is 1.84 bits per heavy atom. The molecule has 3 amide bonds. The molecule has 1 atom stereocenters. The smallest absolute Gasteiger partial charge is 0.326 e. The number of nitrogens with one attached hydrogen (secondary N) is 4. The van der Waals surface area contributed by atoms with Gasteiger partial charge in [0.1, 0.15) is 6.04 Å². The maximum absolute atomic E-state index is 12.6. The zero-order chi connectivity index (χ0) is 22.5. The number of hydrogen-bond acceptors (Lipinski definition) is 5. The first-order chi connectivity index (χ1) is 14.7. The third kappa shape index (κ3) is 5.80. The number of amides is 3. The minimum absolute atomic E-state index is 0.0762. The fourth-order valence-electron chi connectivity index (χ4n) is 3.10. The van der Waals surface area contributed by atoms with E-state index in [1.165, 1.54) is 12.1 Å². The number of carboxylic acid groups (broad SMARTS) is 1. The van der Waals surface area contributed by atoms with Gasteiger partial charge < -0.3 is 32.1 Å². The van der Waals surface area contributed by atoms with Crippen molar-refractivity contribution in [1.29, 1.82) is 0 Å². The van der Waals surface area contributed by atoms with Crippen molar-refractivity contribution in [1.82, 2.24) is 5.32 Å². The van der Waals surface area contributed by atoms with Crippen molar-refractivity contribution in [2.75, 3.05) is 22.6 Å². The van der Waals surface area contributed by atoms with Gasteiger partial charge >= 0.3 is 12.0 Å². The number of halogens is 2. The molecule has 1 heterocycles. The Morgan fingerprint density at radius 3 is 2.48 bits per heavy atom. The van der Waals surface area contributed by atoms with E-state index in [2.05, 4.69) is 21.3 Å². The number of carbonyl (C=O) groups is 3. The van der Waals surface area contributed by atoms with Crippen LogP contribution in [0, 0.1) is 0 Å². The van der Waals surface area contributed by atoms with Crippen LogP contribution in [-0.4, -0.2) is 35.7 Å². The summed E-state index contributed by atoms with van der Waals surface area (Å²) >= 11 is 12.3. The molecule has 7 N–H and O–H groups in total. The number of aliphatic carboxylic acids is 1. The molecular formula is C20H19Cl2N5O4. The first kappa shape index (κ1) is 22.3. The average molecular weight is 464 g/mol. The number of carboxylic acids is 1. The number of urea groups is 1. The lowest BCUT2D eigenvalue weighted by Crippen LogP contribution is -2.33. The molecule has 0 radical (unpaired) electrons. The van der Waals surface area contributed by atoms with Gasteiger partial charge in [-0.2, -0.15) is 0 Å². The third-order valence-corrected chi connectivity index (χ3v) is 4.96. The SMILES string of the molecule is NC(=O)NCNc1ccc(NC(=O)/C=C2\CC(C(=O)O)Nc3cc(Cl)cc(Cl)c32)cc1. The van der Waals surface area contributed by atoms with E-state index in [-0.39, 0.29) is 13.1 Å². The number of primary amides is 1. The molecule has 0 saturated carbocycles. The highest BCUT2D eigenvalue weighted by atomic mass is 35.5. The number of fused-ring (bicyclic) bond motifs is 1. The van der Waals surface area contributed by atoms with Crippen molar-refractivity contribution in [3.63, 3.8) is 0 Å². The van der Waals surface area contributed by atoms with Gasteiger partial charge in [0.05, 0.1) is 11.7 Å². The zero-order valence-corrected chi connectivity index (χ0v) is 17.6. The number of nitrogens with two attached hydrogens (primary N) is 1. The first-order valence-electron chi connectivity index (χ1n) is 9.10. The molecule has 0 fully saturated rings. The Morgan fingerprint density at radius 1 is 1.16 bits per heavy atom. The highest BCUT2D eigenvalue weighted by molar-refractivity contribution is 6.36. The second-order valence-electron chi connectivity index (χ2n) is 6.68. The summed E-state index contributed by atoms with van der Waals surface area (Å²) in [4.78, 5) is 34.8. The highest BCUT2D eigenvalue weighted by Crippen LogP contribution is 2.40. The quantitative estimate of drug-likeness (QED) is 0.286. The van der Waals surface area contributed by atoms with Crippen LogP contribution in [0.1, 0.15) is 12.0 Å². The van der Waals surface area contributed by atoms with Gasteiger partial charge in [-0.05, 0) is 42.0 Å². The van der Waals surface area contributed by atoms with Crippen molar-refractivity contribution in [2.24, 2.45) is 5.73 Å². The standard InChI is InChI=1S/C20H19Cl2N5O4/c21-11-7-14(22)18-10(5-16(19(29)30)27-15(18)8-11)6-17(28)26-13-3-1-12(2-4-13)24-9-25-20(23)31/h1-4,6-8,16,24,27H,5,9H2,(H,26,28)(H,29,30)(H3,23,25,31)/b10-6+. The summed E-state index contributed by atoms with van der Waals surface area (Å²) in [6.07, 6.45) is 1.41. The Bertz CT molecular complexity index is 1060. The van der Waals surface area contributed by atoms with Crippen molar-refractivity contribution >= 4 is 63.7 Å². The average Bonchev–Trinajstić information content (AvgIpc) is 2.68. The molecule has 0 spiro atoms. The zero-order valence-electron chi connectivity index (χ0n) is 16.0. The highest BCUT2D eigenvalue weighted by Gasteiger charge is 2.29. The van der Waals surface area contributed by atoms with E-state index in [4.69, 9.17) is 28.9 Å². The molecule has 0 aliphatic carbocycles. The van der Waals surface area contributed by atoms with Crippen molar-refractivity contribution in [3.8, 4) is 0 Å². The fraction of sp³-hybridized carbons (Fsp3) is 0.150. The molecule has 2 aromatic rings. The normalized spacial score (nSPS) is 16.1. The van der Waals surface area contributed by atoms with E-state index in [1.54, 1.807) is 30.3 Å². The van der Waals surface area contributed by atoms with Gasteiger partial charge in [0, 0.05) is 40.1 Å². The lowest BCUT2D eigenvalue weighted by atomic mass is 9.92. The van der Waals surface area contributed by atoms with Gasteiger partial charge in [0.15, 0.2) is 0 Å². The minimum Gasteiger partial charge on any atom is -0.480 e. The predicted octanol–water partition coefficient (Wildman–Crippen LogP) is 3.32.